The van der Waals surface area contributed by atoms with E-state index in [9.17, 15) is 4.39 Å². The van der Waals surface area contributed by atoms with E-state index < -0.39 is 0 Å². The number of halogens is 1. The van der Waals surface area contributed by atoms with Crippen LogP contribution in [0.3, 0.4) is 0 Å². The highest BCUT2D eigenvalue weighted by Gasteiger charge is 2.14. The predicted octanol–water partition coefficient (Wildman–Crippen LogP) is 5.65. The second kappa shape index (κ2) is 4.98. The molecule has 1 aromatic heterocycles. The third kappa shape index (κ3) is 2.34. The van der Waals surface area contributed by atoms with Crippen LogP contribution in [0.5, 0.6) is 0 Å². The van der Waals surface area contributed by atoms with E-state index in [2.05, 4.69) is 26.0 Å². The van der Waals surface area contributed by atoms with Crippen molar-refractivity contribution in [1.82, 2.24) is 0 Å². The van der Waals surface area contributed by atoms with Gasteiger partial charge < -0.3 is 4.42 Å². The number of rotatable bonds is 2. The largest absolute Gasteiger partial charge is 0.460 e. The molecule has 0 fully saturated rings. The van der Waals surface area contributed by atoms with E-state index in [1.54, 1.807) is 23.9 Å². The van der Waals surface area contributed by atoms with Gasteiger partial charge in [0.15, 0.2) is 0 Å². The lowest BCUT2D eigenvalue weighted by molar-refractivity contribution is 0.566. The first-order valence-electron chi connectivity index (χ1n) is 6.48. The molecule has 0 spiro atoms. The fraction of sp³-hybridized carbons (Fsp3) is 0.176. The van der Waals surface area contributed by atoms with Gasteiger partial charge in [0.05, 0.1) is 4.90 Å². The second-order valence-electron chi connectivity index (χ2n) is 5.01. The van der Waals surface area contributed by atoms with Crippen LogP contribution in [0.25, 0.3) is 11.0 Å². The SMILES string of the molecule is Cc1cc(C)c2oc(C)c(Sc3cccc(F)c3)c2c1. The molecule has 1 nitrogen and oxygen atoms in total. The van der Waals surface area contributed by atoms with Crippen LogP contribution in [0, 0.1) is 26.6 Å². The molecule has 0 unspecified atom stereocenters. The molecule has 0 saturated heterocycles. The monoisotopic (exact) mass is 286 g/mol. The smallest absolute Gasteiger partial charge is 0.138 e. The Bertz CT molecular complexity index is 789. The first kappa shape index (κ1) is 13.3. The van der Waals surface area contributed by atoms with Crippen LogP contribution >= 0.6 is 11.8 Å². The van der Waals surface area contributed by atoms with E-state index in [0.717, 1.165) is 32.1 Å². The minimum Gasteiger partial charge on any atom is -0.460 e. The minimum atomic E-state index is -0.215. The Morgan fingerprint density at radius 1 is 1.05 bits per heavy atom. The van der Waals surface area contributed by atoms with E-state index >= 15 is 0 Å². The summed E-state index contributed by atoms with van der Waals surface area (Å²) in [6.45, 7) is 6.08. The van der Waals surface area contributed by atoms with E-state index in [1.165, 1.54) is 11.6 Å². The zero-order valence-corrected chi connectivity index (χ0v) is 12.5. The summed E-state index contributed by atoms with van der Waals surface area (Å²) in [7, 11) is 0. The number of benzene rings is 2. The fourth-order valence-corrected chi connectivity index (χ4v) is 3.42. The lowest BCUT2D eigenvalue weighted by atomic mass is 10.1. The van der Waals surface area contributed by atoms with Gasteiger partial charge in [-0.3, -0.25) is 0 Å². The molecule has 0 bridgehead atoms. The summed E-state index contributed by atoms with van der Waals surface area (Å²) in [5, 5.41) is 1.11. The summed E-state index contributed by atoms with van der Waals surface area (Å²) in [5.41, 5.74) is 3.26. The van der Waals surface area contributed by atoms with E-state index in [-0.39, 0.29) is 5.82 Å². The van der Waals surface area contributed by atoms with Gasteiger partial charge in [-0.2, -0.15) is 0 Å². The van der Waals surface area contributed by atoms with Gasteiger partial charge in [0.2, 0.25) is 0 Å². The van der Waals surface area contributed by atoms with Gasteiger partial charge in [-0.1, -0.05) is 23.9 Å². The van der Waals surface area contributed by atoms with Crippen molar-refractivity contribution in [2.45, 2.75) is 30.6 Å². The Morgan fingerprint density at radius 3 is 2.60 bits per heavy atom. The predicted molar refractivity (Wildman–Crippen MR) is 80.9 cm³/mol. The third-order valence-electron chi connectivity index (χ3n) is 3.25. The lowest BCUT2D eigenvalue weighted by Crippen LogP contribution is -1.80. The minimum absolute atomic E-state index is 0.215. The van der Waals surface area contributed by atoms with Crippen LogP contribution in [-0.2, 0) is 0 Å². The molecule has 0 saturated carbocycles. The van der Waals surface area contributed by atoms with Crippen molar-refractivity contribution in [3.05, 3.63) is 59.1 Å². The fourth-order valence-electron chi connectivity index (χ4n) is 2.42. The molecule has 0 radical (unpaired) electrons. The topological polar surface area (TPSA) is 13.1 Å². The maximum atomic E-state index is 13.3. The average molecular weight is 286 g/mol. The average Bonchev–Trinajstić information content (AvgIpc) is 2.68. The molecular weight excluding hydrogens is 271 g/mol. The summed E-state index contributed by atoms with van der Waals surface area (Å²) in [4.78, 5) is 1.95. The Morgan fingerprint density at radius 2 is 1.85 bits per heavy atom. The molecular formula is C17H15FOS. The zero-order chi connectivity index (χ0) is 14.3. The molecule has 1 heterocycles. The van der Waals surface area contributed by atoms with Gasteiger partial charge in [-0.25, -0.2) is 4.39 Å². The molecule has 0 atom stereocenters. The third-order valence-corrected chi connectivity index (χ3v) is 4.46. The second-order valence-corrected chi connectivity index (χ2v) is 6.09. The standard InChI is InChI=1S/C17H15FOS/c1-10-7-11(2)16-15(8-10)17(12(3)19-16)20-14-6-4-5-13(18)9-14/h4-9H,1-3H3. The Balaban J connectivity index is 2.14. The van der Waals surface area contributed by atoms with Crippen molar-refractivity contribution in [3.8, 4) is 0 Å². The molecule has 0 aliphatic carbocycles. The molecule has 20 heavy (non-hydrogen) atoms. The van der Waals surface area contributed by atoms with Crippen LogP contribution in [0.2, 0.25) is 0 Å². The van der Waals surface area contributed by atoms with Gasteiger partial charge in [0.25, 0.3) is 0 Å². The zero-order valence-electron chi connectivity index (χ0n) is 11.7. The van der Waals surface area contributed by atoms with Crippen molar-refractivity contribution >= 4 is 22.7 Å². The highest BCUT2D eigenvalue weighted by Crippen LogP contribution is 2.39. The first-order valence-corrected chi connectivity index (χ1v) is 7.30. The van der Waals surface area contributed by atoms with Crippen molar-refractivity contribution in [1.29, 1.82) is 0 Å². The molecule has 3 rings (SSSR count). The van der Waals surface area contributed by atoms with Gasteiger partial charge in [0.1, 0.15) is 17.2 Å². The van der Waals surface area contributed by atoms with Crippen molar-refractivity contribution in [3.63, 3.8) is 0 Å². The van der Waals surface area contributed by atoms with Crippen molar-refractivity contribution in [2.24, 2.45) is 0 Å². The van der Waals surface area contributed by atoms with Crippen LogP contribution in [0.4, 0.5) is 4.39 Å². The first-order chi connectivity index (χ1) is 9.54. The molecule has 0 aliphatic heterocycles. The van der Waals surface area contributed by atoms with Crippen LogP contribution < -0.4 is 0 Å². The number of hydrogen-bond donors (Lipinski definition) is 0. The van der Waals surface area contributed by atoms with Crippen molar-refractivity contribution in [2.75, 3.05) is 0 Å². The van der Waals surface area contributed by atoms with Gasteiger partial charge in [-0.05, 0) is 56.2 Å². The van der Waals surface area contributed by atoms with E-state index in [1.807, 2.05) is 13.0 Å². The quantitative estimate of drug-likeness (QED) is 0.604. The molecule has 2 aromatic carbocycles. The number of hydrogen-bond acceptors (Lipinski definition) is 2. The molecule has 0 N–H and O–H groups in total. The molecule has 0 amide bonds. The number of furan rings is 1. The Kier molecular flexibility index (Phi) is 3.30. The summed E-state index contributed by atoms with van der Waals surface area (Å²) in [6.07, 6.45) is 0. The van der Waals surface area contributed by atoms with Gasteiger partial charge >= 0.3 is 0 Å². The molecule has 3 heteroatoms. The molecule has 0 aliphatic rings. The Hall–Kier alpha value is -1.74. The van der Waals surface area contributed by atoms with E-state index in [4.69, 9.17) is 4.42 Å². The van der Waals surface area contributed by atoms with Crippen LogP contribution in [0.15, 0.2) is 50.6 Å². The summed E-state index contributed by atoms with van der Waals surface area (Å²) < 4.78 is 19.2. The highest BCUT2D eigenvalue weighted by atomic mass is 32.2. The summed E-state index contributed by atoms with van der Waals surface area (Å²) in [5.74, 6) is 0.663. The highest BCUT2D eigenvalue weighted by molar-refractivity contribution is 7.99. The van der Waals surface area contributed by atoms with Crippen LogP contribution in [-0.4, -0.2) is 0 Å². The number of aryl methyl sites for hydroxylation is 3. The van der Waals surface area contributed by atoms with Gasteiger partial charge in [-0.15, -0.1) is 0 Å². The lowest BCUT2D eigenvalue weighted by Gasteiger charge is -2.02. The summed E-state index contributed by atoms with van der Waals surface area (Å²) >= 11 is 1.55. The normalized spacial score (nSPS) is 11.2. The van der Waals surface area contributed by atoms with Crippen molar-refractivity contribution < 1.29 is 8.81 Å². The number of fused-ring (bicyclic) bond motifs is 1. The van der Waals surface area contributed by atoms with E-state index in [0.29, 0.717) is 0 Å². The maximum Gasteiger partial charge on any atom is 0.138 e. The van der Waals surface area contributed by atoms with Gasteiger partial charge in [0, 0.05) is 10.3 Å². The van der Waals surface area contributed by atoms with Crippen LogP contribution in [0.1, 0.15) is 16.9 Å². The molecule has 3 aromatic rings. The maximum absolute atomic E-state index is 13.3. The molecule has 102 valence electrons. The Labute approximate surface area is 121 Å². The summed E-state index contributed by atoms with van der Waals surface area (Å²) in [6, 6.07) is 10.9.